The molecule has 1 heterocycles. The number of nitrogens with one attached hydrogen (secondary N) is 6. The number of benzene rings is 1. The molecule has 340 valence electrons. The highest BCUT2D eigenvalue weighted by molar-refractivity contribution is 6.04. The van der Waals surface area contributed by atoms with Gasteiger partial charge in [-0.2, -0.15) is 0 Å². The van der Waals surface area contributed by atoms with Gasteiger partial charge < -0.3 is 42.4 Å². The number of hydrogen-bond donors (Lipinski definition) is 7. The monoisotopic (exact) mass is 858 g/mol. The Hall–Kier alpha value is -5.75. The van der Waals surface area contributed by atoms with Crippen molar-refractivity contribution in [3.8, 4) is 0 Å². The van der Waals surface area contributed by atoms with Crippen molar-refractivity contribution in [1.82, 2.24) is 36.4 Å². The van der Waals surface area contributed by atoms with Gasteiger partial charge >= 0.3 is 12.1 Å². The summed E-state index contributed by atoms with van der Waals surface area (Å²) in [7, 11) is 2.92. The van der Waals surface area contributed by atoms with Crippen LogP contribution in [0.25, 0.3) is 0 Å². The van der Waals surface area contributed by atoms with Gasteiger partial charge in [0.25, 0.3) is 0 Å². The van der Waals surface area contributed by atoms with Crippen molar-refractivity contribution < 1.29 is 47.9 Å². The predicted molar refractivity (Wildman–Crippen MR) is 227 cm³/mol. The number of rotatable bonds is 21. The van der Waals surface area contributed by atoms with Crippen LogP contribution in [-0.4, -0.2) is 115 Å². The van der Waals surface area contributed by atoms with Gasteiger partial charge in [0.15, 0.2) is 0 Å². The van der Waals surface area contributed by atoms with E-state index in [1.54, 1.807) is 65.8 Å². The summed E-state index contributed by atoms with van der Waals surface area (Å²) >= 11 is 0. The van der Waals surface area contributed by atoms with Crippen LogP contribution in [0.4, 0.5) is 15.3 Å². The Labute approximate surface area is 358 Å². The molecule has 1 aliphatic rings. The van der Waals surface area contributed by atoms with Gasteiger partial charge in [-0.15, -0.1) is 0 Å². The van der Waals surface area contributed by atoms with E-state index < -0.39 is 77.2 Å². The average Bonchev–Trinajstić information content (AvgIpc) is 3.47. The molecule has 1 fully saturated rings. The van der Waals surface area contributed by atoms with Gasteiger partial charge in [-0.3, -0.25) is 43.4 Å². The molecular weight excluding hydrogens is 791 g/mol. The highest BCUT2D eigenvalue weighted by Crippen LogP contribution is 2.35. The third-order valence-corrected chi connectivity index (χ3v) is 10.4. The number of anilines is 1. The second kappa shape index (κ2) is 23.3. The molecule has 10 amide bonds. The summed E-state index contributed by atoms with van der Waals surface area (Å²) in [5.41, 5.74) is 5.68. The topological polar surface area (TPSA) is 268 Å². The number of carbonyl (C=O) groups is 9. The fraction of sp³-hybridized carbons (Fsp3) is 0.643. The lowest BCUT2D eigenvalue weighted by molar-refractivity contribution is -0.141. The zero-order valence-electron chi connectivity index (χ0n) is 37.4. The number of ether oxygens (including phenoxy) is 1. The Bertz CT molecular complexity index is 1740. The normalized spacial score (nSPS) is 16.0. The molecule has 0 spiro atoms. The van der Waals surface area contributed by atoms with Crippen molar-refractivity contribution in [3.05, 3.63) is 29.8 Å². The number of amides is 10. The summed E-state index contributed by atoms with van der Waals surface area (Å²) in [6, 6.07) is 1.74. The van der Waals surface area contributed by atoms with Crippen LogP contribution in [0.1, 0.15) is 93.6 Å². The Morgan fingerprint density at radius 1 is 0.836 bits per heavy atom. The number of nitrogens with two attached hydrogens (primary N) is 1. The molecule has 0 radical (unpaired) electrons. The minimum Gasteiger partial charge on any atom is -0.445 e. The molecule has 2 rings (SSSR count). The molecule has 19 heteroatoms. The van der Waals surface area contributed by atoms with Gasteiger partial charge in [0, 0.05) is 45.7 Å². The zero-order chi connectivity index (χ0) is 46.4. The quantitative estimate of drug-likeness (QED) is 0.0698. The Morgan fingerprint density at radius 3 is 1.93 bits per heavy atom. The molecule has 0 saturated carbocycles. The number of primary amides is 1. The van der Waals surface area contributed by atoms with E-state index in [1.807, 2.05) is 20.8 Å². The number of urea groups is 1. The van der Waals surface area contributed by atoms with Crippen molar-refractivity contribution >= 4 is 59.2 Å². The first-order chi connectivity index (χ1) is 28.4. The third-order valence-electron chi connectivity index (χ3n) is 10.4. The Morgan fingerprint density at radius 2 is 1.43 bits per heavy atom. The van der Waals surface area contributed by atoms with E-state index in [-0.39, 0.29) is 74.9 Å². The minimum absolute atomic E-state index is 0.0707. The maximum absolute atomic E-state index is 13.6. The molecule has 19 nitrogen and oxygen atoms in total. The summed E-state index contributed by atoms with van der Waals surface area (Å²) in [6.07, 6.45) is -0.558. The highest BCUT2D eigenvalue weighted by atomic mass is 16.6. The van der Waals surface area contributed by atoms with Crippen LogP contribution in [0, 0.1) is 29.1 Å². The highest BCUT2D eigenvalue weighted by Gasteiger charge is 2.44. The molecule has 2 unspecified atom stereocenters. The van der Waals surface area contributed by atoms with Gasteiger partial charge in [0.05, 0.1) is 5.92 Å². The van der Waals surface area contributed by atoms with Crippen LogP contribution in [0.5, 0.6) is 0 Å². The second-order valence-electron chi connectivity index (χ2n) is 17.4. The number of likely N-dealkylation sites (N-methyl/N-ethyl adjacent to an activating group) is 2. The molecule has 8 N–H and O–H groups in total. The lowest BCUT2D eigenvalue weighted by Crippen LogP contribution is -2.56. The van der Waals surface area contributed by atoms with E-state index in [2.05, 4.69) is 31.9 Å². The molecule has 1 aromatic rings. The molecule has 1 aliphatic heterocycles. The van der Waals surface area contributed by atoms with Crippen molar-refractivity contribution in [2.75, 3.05) is 32.5 Å². The molecule has 1 saturated heterocycles. The predicted octanol–water partition coefficient (Wildman–Crippen LogP) is 1.99. The first kappa shape index (κ1) is 51.4. The zero-order valence-corrected chi connectivity index (χ0v) is 37.4. The first-order valence-electron chi connectivity index (χ1n) is 20.7. The van der Waals surface area contributed by atoms with E-state index in [0.29, 0.717) is 11.3 Å². The van der Waals surface area contributed by atoms with E-state index in [4.69, 9.17) is 10.5 Å². The molecule has 0 aromatic heterocycles. The number of imide groups is 1. The van der Waals surface area contributed by atoms with Crippen molar-refractivity contribution in [2.45, 2.75) is 119 Å². The van der Waals surface area contributed by atoms with Crippen LogP contribution in [-0.2, 0) is 44.9 Å². The van der Waals surface area contributed by atoms with Crippen molar-refractivity contribution in [1.29, 1.82) is 0 Å². The average molecular weight is 858 g/mol. The SMILES string of the molecule is CNC(=O)C(NC(=O)[C@H](C(C)C)N(C)C(=O)OCc1ccc(NC(=O)[C@H](CCCNC(N)=O)NC(=O)[C@@H](NC(=O)CCN2C(=O)CC(C(C)(C)C)C2=O)C(C)C)cc1)C(C)C. The maximum atomic E-state index is 13.6. The lowest BCUT2D eigenvalue weighted by Gasteiger charge is -2.31. The Balaban J connectivity index is 2.09. The van der Waals surface area contributed by atoms with E-state index in [1.165, 1.54) is 19.0 Å². The fourth-order valence-corrected chi connectivity index (χ4v) is 6.77. The third kappa shape index (κ3) is 15.7. The molecular formula is C42H67N9O10. The van der Waals surface area contributed by atoms with Crippen LogP contribution in [0.2, 0.25) is 0 Å². The van der Waals surface area contributed by atoms with E-state index in [0.717, 1.165) is 4.90 Å². The van der Waals surface area contributed by atoms with Crippen LogP contribution in [0.3, 0.4) is 0 Å². The van der Waals surface area contributed by atoms with Crippen molar-refractivity contribution in [3.63, 3.8) is 0 Å². The summed E-state index contributed by atoms with van der Waals surface area (Å²) in [6.45, 7) is 16.0. The smallest absolute Gasteiger partial charge is 0.410 e. The van der Waals surface area contributed by atoms with E-state index in [9.17, 15) is 43.2 Å². The largest absolute Gasteiger partial charge is 0.445 e. The summed E-state index contributed by atoms with van der Waals surface area (Å²) in [5, 5.41) is 15.9. The summed E-state index contributed by atoms with van der Waals surface area (Å²) in [4.78, 5) is 118. The lowest BCUT2D eigenvalue weighted by atomic mass is 9.80. The molecule has 1 aromatic carbocycles. The van der Waals surface area contributed by atoms with Crippen molar-refractivity contribution in [2.24, 2.45) is 34.8 Å². The summed E-state index contributed by atoms with van der Waals surface area (Å²) < 4.78 is 5.49. The number of carbonyl (C=O) groups excluding carboxylic acids is 9. The molecule has 0 bridgehead atoms. The minimum atomic E-state index is -1.11. The van der Waals surface area contributed by atoms with Gasteiger partial charge in [0.1, 0.15) is 30.8 Å². The standard InChI is InChI=1S/C42H67N9O10/c1-23(2)32(36(55)44-10)49-38(57)34(25(5)6)50(11)41(60)61-22-26-14-16-27(17-15-26)46-35(54)29(13-12-19-45-40(43)59)47-37(56)33(24(3)4)48-30(52)18-20-51-31(53)21-28(39(51)58)42(7,8)9/h14-17,23-25,28-29,32-34H,12-13,18-22H2,1-11H3,(H,44,55)(H,46,54)(H,47,56)(H,48,52)(H,49,57)(H3,43,45,59)/t28?,29-,32?,33-,34-/m0/s1. The fourth-order valence-electron chi connectivity index (χ4n) is 6.77. The van der Waals surface area contributed by atoms with Crippen LogP contribution >= 0.6 is 0 Å². The number of hydrogen-bond acceptors (Lipinski definition) is 10. The van der Waals surface area contributed by atoms with Gasteiger partial charge in [-0.1, -0.05) is 74.4 Å². The van der Waals surface area contributed by atoms with Gasteiger partial charge in [-0.25, -0.2) is 9.59 Å². The maximum Gasteiger partial charge on any atom is 0.410 e. The number of nitrogens with zero attached hydrogens (tertiary/aromatic N) is 2. The van der Waals surface area contributed by atoms with Gasteiger partial charge in [-0.05, 0) is 53.7 Å². The molecule has 0 aliphatic carbocycles. The first-order valence-corrected chi connectivity index (χ1v) is 20.7. The number of likely N-dealkylation sites (tertiary alicyclic amines) is 1. The van der Waals surface area contributed by atoms with E-state index >= 15 is 0 Å². The van der Waals surface area contributed by atoms with Crippen LogP contribution in [0.15, 0.2) is 24.3 Å². The Kier molecular flexibility index (Phi) is 19.6. The summed E-state index contributed by atoms with van der Waals surface area (Å²) in [5.74, 6) is -4.72. The molecule has 5 atom stereocenters. The second-order valence-corrected chi connectivity index (χ2v) is 17.4. The van der Waals surface area contributed by atoms with Crippen LogP contribution < -0.4 is 37.6 Å². The van der Waals surface area contributed by atoms with Gasteiger partial charge in [0.2, 0.25) is 41.4 Å². The molecule has 61 heavy (non-hydrogen) atoms.